The number of benzene rings is 1. The van der Waals surface area contributed by atoms with Gasteiger partial charge in [-0.3, -0.25) is 4.79 Å². The van der Waals surface area contributed by atoms with Gasteiger partial charge >= 0.3 is 12.4 Å². The van der Waals surface area contributed by atoms with Gasteiger partial charge in [0.25, 0.3) is 5.91 Å². The van der Waals surface area contributed by atoms with Crippen LogP contribution in [0.5, 0.6) is 0 Å². The van der Waals surface area contributed by atoms with Crippen LogP contribution < -0.4 is 21.3 Å². The van der Waals surface area contributed by atoms with Crippen molar-refractivity contribution in [1.29, 1.82) is 0 Å². The minimum atomic E-state index is -4.43. The molecule has 0 bridgehead atoms. The fourth-order valence-electron chi connectivity index (χ4n) is 3.14. The minimum Gasteiger partial charge on any atom is -0.397 e. The fraction of sp³-hybridized carbons (Fsp3) is 0.632. The molecule has 0 saturated carbocycles. The Balaban J connectivity index is 0.00000218. The van der Waals surface area contributed by atoms with Gasteiger partial charge < -0.3 is 21.3 Å². The maximum Gasteiger partial charge on any atom is 0.393 e. The summed E-state index contributed by atoms with van der Waals surface area (Å²) >= 11 is 0. The molecule has 1 saturated heterocycles. The smallest absolute Gasteiger partial charge is 0.393 e. The summed E-state index contributed by atoms with van der Waals surface area (Å²) < 4.78 is 76.3. The first-order valence-electron chi connectivity index (χ1n) is 9.70. The van der Waals surface area contributed by atoms with Gasteiger partial charge in [0.15, 0.2) is 0 Å². The number of nitrogens with zero attached hydrogens (tertiary/aromatic N) is 1. The van der Waals surface area contributed by atoms with E-state index in [1.807, 2.05) is 13.8 Å². The van der Waals surface area contributed by atoms with Crippen LogP contribution in [0.2, 0.25) is 0 Å². The van der Waals surface area contributed by atoms with Crippen LogP contribution >= 0.6 is 0 Å². The number of carbonyl (C=O) groups excluding carboxylic acids is 1. The van der Waals surface area contributed by atoms with E-state index in [-0.39, 0.29) is 36.3 Å². The van der Waals surface area contributed by atoms with E-state index in [1.54, 1.807) is 7.05 Å². The van der Waals surface area contributed by atoms with E-state index in [1.165, 1.54) is 17.0 Å². The summed E-state index contributed by atoms with van der Waals surface area (Å²) in [6.07, 6.45) is -9.75. The monoisotopic (exact) mass is 442 g/mol. The highest BCUT2D eigenvalue weighted by Gasteiger charge is 2.42. The standard InChI is InChI=1S/C17H22F6N4O.C2H6/c1-25-13-8-14(27-6-2-3-10(9-27)17(21,22)23)11(7-12(13)24)15(28)26-5-4-16(18,19)20;1-2/h7-8,10,25H,2-6,9,24H2,1H3,(H,26,28);1-2H3. The molecule has 172 valence electrons. The third-order valence-corrected chi connectivity index (χ3v) is 4.60. The van der Waals surface area contributed by atoms with Crippen LogP contribution in [-0.4, -0.2) is 44.9 Å². The molecule has 1 aliphatic rings. The number of alkyl halides is 6. The number of rotatable bonds is 5. The molecule has 1 atom stereocenters. The molecule has 1 aliphatic heterocycles. The normalized spacial score (nSPS) is 17.1. The summed E-state index contributed by atoms with van der Waals surface area (Å²) in [5.41, 5.74) is 6.57. The molecule has 0 aliphatic carbocycles. The van der Waals surface area contributed by atoms with Crippen molar-refractivity contribution in [2.75, 3.05) is 42.6 Å². The molecule has 1 fully saturated rings. The first-order chi connectivity index (χ1) is 13.9. The maximum absolute atomic E-state index is 13.1. The molecular formula is C19H28F6N4O. The number of amides is 1. The number of piperidine rings is 1. The third-order valence-electron chi connectivity index (χ3n) is 4.60. The zero-order valence-electron chi connectivity index (χ0n) is 17.2. The van der Waals surface area contributed by atoms with Crippen molar-refractivity contribution in [3.8, 4) is 0 Å². The Morgan fingerprint density at radius 2 is 1.83 bits per heavy atom. The summed E-state index contributed by atoms with van der Waals surface area (Å²) in [5, 5.41) is 4.95. The van der Waals surface area contributed by atoms with Crippen molar-refractivity contribution >= 4 is 23.0 Å². The van der Waals surface area contributed by atoms with Gasteiger partial charge in [-0.05, 0) is 25.0 Å². The fourth-order valence-corrected chi connectivity index (χ4v) is 3.14. The third kappa shape index (κ3) is 7.17. The second kappa shape index (κ2) is 10.6. The van der Waals surface area contributed by atoms with Crippen LogP contribution in [0.1, 0.15) is 43.5 Å². The van der Waals surface area contributed by atoms with Gasteiger partial charge in [-0.1, -0.05) is 13.8 Å². The predicted molar refractivity (Wildman–Crippen MR) is 106 cm³/mol. The Labute approximate surface area is 172 Å². The molecule has 0 spiro atoms. The summed E-state index contributed by atoms with van der Waals surface area (Å²) in [6, 6.07) is 2.72. The van der Waals surface area contributed by atoms with Gasteiger partial charge in [0.2, 0.25) is 0 Å². The first kappa shape index (κ1) is 25.7. The Morgan fingerprint density at radius 1 is 1.20 bits per heavy atom. The Morgan fingerprint density at radius 3 is 2.37 bits per heavy atom. The highest BCUT2D eigenvalue weighted by Crippen LogP contribution is 2.37. The molecule has 1 heterocycles. The van der Waals surface area contributed by atoms with Crippen molar-refractivity contribution in [2.24, 2.45) is 5.92 Å². The summed E-state index contributed by atoms with van der Waals surface area (Å²) in [7, 11) is 1.56. The first-order valence-corrected chi connectivity index (χ1v) is 9.70. The highest BCUT2D eigenvalue weighted by atomic mass is 19.4. The van der Waals surface area contributed by atoms with Gasteiger partial charge in [-0.2, -0.15) is 26.3 Å². The molecule has 2 rings (SSSR count). The number of hydrogen-bond acceptors (Lipinski definition) is 4. The van der Waals surface area contributed by atoms with Crippen molar-refractivity contribution in [1.82, 2.24) is 5.32 Å². The summed E-state index contributed by atoms with van der Waals surface area (Å²) in [6.45, 7) is 3.32. The lowest BCUT2D eigenvalue weighted by molar-refractivity contribution is -0.176. The Kier molecular flexibility index (Phi) is 9.10. The van der Waals surface area contributed by atoms with Crippen LogP contribution in [-0.2, 0) is 0 Å². The molecular weight excluding hydrogens is 414 g/mol. The van der Waals surface area contributed by atoms with E-state index in [0.717, 1.165) is 0 Å². The van der Waals surface area contributed by atoms with Gasteiger partial charge in [0, 0.05) is 26.7 Å². The maximum atomic E-state index is 13.1. The lowest BCUT2D eigenvalue weighted by Gasteiger charge is -2.36. The largest absolute Gasteiger partial charge is 0.397 e. The van der Waals surface area contributed by atoms with Crippen LogP contribution in [0.3, 0.4) is 0 Å². The number of nitrogens with two attached hydrogens (primary N) is 1. The van der Waals surface area contributed by atoms with E-state index in [0.29, 0.717) is 12.2 Å². The molecule has 4 N–H and O–H groups in total. The van der Waals surface area contributed by atoms with Gasteiger partial charge in [-0.15, -0.1) is 0 Å². The summed E-state index contributed by atoms with van der Waals surface area (Å²) in [5.74, 6) is -2.36. The Bertz CT molecular complexity index is 705. The van der Waals surface area contributed by atoms with E-state index < -0.39 is 37.1 Å². The van der Waals surface area contributed by atoms with Gasteiger partial charge in [0.1, 0.15) is 0 Å². The SMILES string of the molecule is CC.CNc1cc(N2CCCC(C(F)(F)F)C2)c(C(=O)NCCC(F)(F)F)cc1N. The molecule has 0 radical (unpaired) electrons. The predicted octanol–water partition coefficient (Wildman–Crippen LogP) is 4.80. The van der Waals surface area contributed by atoms with Gasteiger partial charge in [-0.25, -0.2) is 0 Å². The molecule has 1 unspecified atom stereocenters. The minimum absolute atomic E-state index is 0.0129. The Hall–Kier alpha value is -2.33. The average molecular weight is 442 g/mol. The van der Waals surface area contributed by atoms with Crippen molar-refractivity contribution in [2.45, 2.75) is 45.5 Å². The lowest BCUT2D eigenvalue weighted by Crippen LogP contribution is -2.42. The van der Waals surface area contributed by atoms with E-state index in [2.05, 4.69) is 10.6 Å². The number of halogens is 6. The van der Waals surface area contributed by atoms with Crippen LogP contribution in [0, 0.1) is 5.92 Å². The number of anilines is 3. The molecule has 30 heavy (non-hydrogen) atoms. The number of nitrogen functional groups attached to an aromatic ring is 1. The number of nitrogens with one attached hydrogen (secondary N) is 2. The van der Waals surface area contributed by atoms with Crippen LogP contribution in [0.4, 0.5) is 43.4 Å². The topological polar surface area (TPSA) is 70.4 Å². The molecule has 1 aromatic rings. The second-order valence-electron chi connectivity index (χ2n) is 6.65. The second-order valence-corrected chi connectivity index (χ2v) is 6.65. The molecule has 1 aromatic carbocycles. The van der Waals surface area contributed by atoms with E-state index >= 15 is 0 Å². The molecule has 1 amide bonds. The zero-order chi connectivity index (χ0) is 23.1. The molecule has 11 heteroatoms. The van der Waals surface area contributed by atoms with E-state index in [9.17, 15) is 31.1 Å². The van der Waals surface area contributed by atoms with E-state index in [4.69, 9.17) is 5.73 Å². The lowest BCUT2D eigenvalue weighted by atomic mass is 9.96. The number of hydrogen-bond donors (Lipinski definition) is 3. The van der Waals surface area contributed by atoms with Crippen molar-refractivity contribution < 1.29 is 31.1 Å². The molecule has 0 aromatic heterocycles. The highest BCUT2D eigenvalue weighted by molar-refractivity contribution is 6.02. The van der Waals surface area contributed by atoms with Crippen molar-refractivity contribution in [3.05, 3.63) is 17.7 Å². The summed E-state index contributed by atoms with van der Waals surface area (Å²) in [4.78, 5) is 13.9. The van der Waals surface area contributed by atoms with Crippen LogP contribution in [0.15, 0.2) is 12.1 Å². The van der Waals surface area contributed by atoms with Crippen LogP contribution in [0.25, 0.3) is 0 Å². The van der Waals surface area contributed by atoms with Crippen molar-refractivity contribution in [3.63, 3.8) is 0 Å². The quantitative estimate of drug-likeness (QED) is 0.453. The zero-order valence-corrected chi connectivity index (χ0v) is 17.2. The molecule has 5 nitrogen and oxygen atoms in total. The number of carbonyl (C=O) groups is 1. The average Bonchev–Trinajstić information content (AvgIpc) is 2.67. The van der Waals surface area contributed by atoms with Gasteiger partial charge in [0.05, 0.1) is 35.0 Å².